The molecule has 0 saturated carbocycles. The Hall–Kier alpha value is -2.40. The quantitative estimate of drug-likeness (QED) is 0.746. The number of hydrogen-bond donors (Lipinski definition) is 0. The molecule has 0 unspecified atom stereocenters. The smallest absolute Gasteiger partial charge is 0.254 e. The van der Waals surface area contributed by atoms with Gasteiger partial charge in [0.1, 0.15) is 0 Å². The second kappa shape index (κ2) is 5.77. The number of rotatable bonds is 3. The van der Waals surface area contributed by atoms with Crippen LogP contribution in [-0.2, 0) is 13.6 Å². The molecule has 112 valence electrons. The summed E-state index contributed by atoms with van der Waals surface area (Å²) < 4.78 is 1.56. The molecule has 0 saturated heterocycles. The molecule has 5 heteroatoms. The number of aryl methyl sites for hydroxylation is 1. The van der Waals surface area contributed by atoms with Crippen LogP contribution in [0.1, 0.15) is 15.2 Å². The summed E-state index contributed by atoms with van der Waals surface area (Å²) in [6.45, 7) is 0.542. The second-order valence-electron chi connectivity index (χ2n) is 5.21. The zero-order chi connectivity index (χ0) is 15.7. The van der Waals surface area contributed by atoms with Crippen molar-refractivity contribution in [2.24, 2.45) is 7.05 Å². The molecule has 0 atom stereocenters. The molecule has 3 rings (SSSR count). The van der Waals surface area contributed by atoms with Gasteiger partial charge in [-0.1, -0.05) is 24.3 Å². The molecule has 0 radical (unpaired) electrons. The van der Waals surface area contributed by atoms with Gasteiger partial charge in [-0.25, -0.2) is 0 Å². The lowest BCUT2D eigenvalue weighted by Crippen LogP contribution is -2.28. The van der Waals surface area contributed by atoms with E-state index in [-0.39, 0.29) is 11.5 Å². The molecule has 2 aromatic heterocycles. The molecule has 0 aliphatic carbocycles. The van der Waals surface area contributed by atoms with Crippen molar-refractivity contribution in [3.8, 4) is 0 Å². The van der Waals surface area contributed by atoms with Crippen molar-refractivity contribution in [2.75, 3.05) is 7.05 Å². The van der Waals surface area contributed by atoms with E-state index in [9.17, 15) is 9.59 Å². The van der Waals surface area contributed by atoms with Gasteiger partial charge in [0.2, 0.25) is 0 Å². The maximum atomic E-state index is 12.7. The fraction of sp³-hybridized carbons (Fsp3) is 0.176. The first-order valence-electron chi connectivity index (χ1n) is 6.94. The van der Waals surface area contributed by atoms with Crippen LogP contribution in [0.15, 0.2) is 52.6 Å². The fourth-order valence-corrected chi connectivity index (χ4v) is 3.26. The number of thiophene rings is 1. The van der Waals surface area contributed by atoms with E-state index in [4.69, 9.17) is 0 Å². The molecule has 0 aliphatic rings. The molecule has 0 fully saturated rings. The number of para-hydroxylation sites is 1. The topological polar surface area (TPSA) is 42.3 Å². The van der Waals surface area contributed by atoms with Gasteiger partial charge in [-0.15, -0.1) is 11.3 Å². The Morgan fingerprint density at radius 2 is 2.00 bits per heavy atom. The van der Waals surface area contributed by atoms with E-state index in [1.54, 1.807) is 34.9 Å². The second-order valence-corrected chi connectivity index (χ2v) is 6.25. The number of hydrogen-bond acceptors (Lipinski definition) is 3. The number of pyridine rings is 1. The third-order valence-corrected chi connectivity index (χ3v) is 4.57. The van der Waals surface area contributed by atoms with E-state index in [1.165, 1.54) is 6.07 Å². The minimum atomic E-state index is -0.174. The first-order valence-corrected chi connectivity index (χ1v) is 7.82. The van der Waals surface area contributed by atoms with E-state index in [0.717, 1.165) is 15.8 Å². The van der Waals surface area contributed by atoms with Crippen LogP contribution in [0.4, 0.5) is 0 Å². The Morgan fingerprint density at radius 3 is 2.73 bits per heavy atom. The minimum absolute atomic E-state index is 0.137. The SMILES string of the molecule is CN(Cc1cccs1)C(=O)c1cc(=O)n(C)c2ccccc12. The third-order valence-electron chi connectivity index (χ3n) is 3.70. The fourth-order valence-electron chi connectivity index (χ4n) is 2.50. The molecule has 0 N–H and O–H groups in total. The van der Waals surface area contributed by atoms with E-state index in [0.29, 0.717) is 12.1 Å². The van der Waals surface area contributed by atoms with Gasteiger partial charge in [-0.3, -0.25) is 9.59 Å². The van der Waals surface area contributed by atoms with Gasteiger partial charge in [-0.2, -0.15) is 0 Å². The van der Waals surface area contributed by atoms with Crippen molar-refractivity contribution in [2.45, 2.75) is 6.54 Å². The molecule has 1 amide bonds. The molecule has 2 heterocycles. The number of carbonyl (C=O) groups excluding carboxylic acids is 1. The Balaban J connectivity index is 2.04. The summed E-state index contributed by atoms with van der Waals surface area (Å²) >= 11 is 1.61. The summed E-state index contributed by atoms with van der Waals surface area (Å²) in [5.41, 5.74) is 1.05. The predicted octanol–water partition coefficient (Wildman–Crippen LogP) is 2.87. The summed E-state index contributed by atoms with van der Waals surface area (Å²) in [7, 11) is 3.47. The van der Waals surface area contributed by atoms with Gasteiger partial charge in [-0.05, 0) is 17.5 Å². The Bertz CT molecular complexity index is 881. The van der Waals surface area contributed by atoms with Crippen LogP contribution in [0, 0.1) is 0 Å². The summed E-state index contributed by atoms with van der Waals surface area (Å²) in [5, 5.41) is 2.79. The lowest BCUT2D eigenvalue weighted by atomic mass is 10.1. The molecule has 22 heavy (non-hydrogen) atoms. The van der Waals surface area contributed by atoms with Gasteiger partial charge in [0, 0.05) is 30.4 Å². The van der Waals surface area contributed by atoms with E-state index >= 15 is 0 Å². The highest BCUT2D eigenvalue weighted by molar-refractivity contribution is 7.09. The van der Waals surface area contributed by atoms with Gasteiger partial charge >= 0.3 is 0 Å². The molecule has 0 spiro atoms. The van der Waals surface area contributed by atoms with Gasteiger partial charge in [0.05, 0.1) is 17.6 Å². The Labute approximate surface area is 132 Å². The standard InChI is InChI=1S/C17H16N2O2S/c1-18(11-12-6-5-9-22-12)17(21)14-10-16(20)19(2)15-8-4-3-7-13(14)15/h3-10H,11H2,1-2H3. The zero-order valence-corrected chi connectivity index (χ0v) is 13.3. The number of fused-ring (bicyclic) bond motifs is 1. The van der Waals surface area contributed by atoms with E-state index in [1.807, 2.05) is 41.8 Å². The molecule has 4 nitrogen and oxygen atoms in total. The van der Waals surface area contributed by atoms with Crippen LogP contribution in [0.5, 0.6) is 0 Å². The van der Waals surface area contributed by atoms with E-state index in [2.05, 4.69) is 0 Å². The van der Waals surface area contributed by atoms with Crippen molar-refractivity contribution < 1.29 is 4.79 Å². The lowest BCUT2D eigenvalue weighted by Gasteiger charge is -2.18. The van der Waals surface area contributed by atoms with Gasteiger partial charge in [0.15, 0.2) is 0 Å². The molecule has 1 aromatic carbocycles. The summed E-state index contributed by atoms with van der Waals surface area (Å²) in [6, 6.07) is 12.9. The van der Waals surface area contributed by atoms with Crippen molar-refractivity contribution in [1.29, 1.82) is 0 Å². The highest BCUT2D eigenvalue weighted by atomic mass is 32.1. The van der Waals surface area contributed by atoms with Crippen molar-refractivity contribution in [3.63, 3.8) is 0 Å². The molecule has 3 aromatic rings. The molecular formula is C17H16N2O2S. The van der Waals surface area contributed by atoms with Gasteiger partial charge in [0.25, 0.3) is 11.5 Å². The van der Waals surface area contributed by atoms with Crippen molar-refractivity contribution >= 4 is 28.1 Å². The number of aromatic nitrogens is 1. The van der Waals surface area contributed by atoms with Gasteiger partial charge < -0.3 is 9.47 Å². The first-order chi connectivity index (χ1) is 10.6. The number of benzene rings is 1. The maximum Gasteiger partial charge on any atom is 0.254 e. The third kappa shape index (κ3) is 2.55. The number of amides is 1. The summed E-state index contributed by atoms with van der Waals surface area (Å²) in [4.78, 5) is 27.6. The van der Waals surface area contributed by atoms with Crippen LogP contribution in [-0.4, -0.2) is 22.4 Å². The predicted molar refractivity (Wildman–Crippen MR) is 89.3 cm³/mol. The average molecular weight is 312 g/mol. The average Bonchev–Trinajstić information content (AvgIpc) is 3.03. The molecule has 0 bridgehead atoms. The van der Waals surface area contributed by atoms with Crippen LogP contribution < -0.4 is 5.56 Å². The zero-order valence-electron chi connectivity index (χ0n) is 12.4. The molecule has 0 aliphatic heterocycles. The summed E-state index contributed by atoms with van der Waals surface area (Å²) in [5.74, 6) is -0.137. The first kappa shape index (κ1) is 14.5. The Morgan fingerprint density at radius 1 is 1.23 bits per heavy atom. The Kier molecular flexibility index (Phi) is 3.81. The summed E-state index contributed by atoms with van der Waals surface area (Å²) in [6.07, 6.45) is 0. The highest BCUT2D eigenvalue weighted by Gasteiger charge is 2.17. The van der Waals surface area contributed by atoms with Crippen LogP contribution in [0.2, 0.25) is 0 Å². The van der Waals surface area contributed by atoms with Crippen molar-refractivity contribution in [1.82, 2.24) is 9.47 Å². The minimum Gasteiger partial charge on any atom is -0.337 e. The van der Waals surface area contributed by atoms with Crippen LogP contribution >= 0.6 is 11.3 Å². The number of nitrogens with zero attached hydrogens (tertiary/aromatic N) is 2. The van der Waals surface area contributed by atoms with Crippen molar-refractivity contribution in [3.05, 3.63) is 68.6 Å². The monoisotopic (exact) mass is 312 g/mol. The molecular weight excluding hydrogens is 296 g/mol. The van der Waals surface area contributed by atoms with E-state index < -0.39 is 0 Å². The normalized spacial score (nSPS) is 10.8. The van der Waals surface area contributed by atoms with Crippen LogP contribution in [0.3, 0.4) is 0 Å². The van der Waals surface area contributed by atoms with Crippen LogP contribution in [0.25, 0.3) is 10.9 Å². The highest BCUT2D eigenvalue weighted by Crippen LogP contribution is 2.19. The maximum absolute atomic E-state index is 12.7. The number of carbonyl (C=O) groups is 1. The largest absolute Gasteiger partial charge is 0.337 e. The lowest BCUT2D eigenvalue weighted by molar-refractivity contribution is 0.0788.